The van der Waals surface area contributed by atoms with E-state index in [9.17, 15) is 20.0 Å². The van der Waals surface area contributed by atoms with Crippen LogP contribution < -0.4 is 5.56 Å². The van der Waals surface area contributed by atoms with Crippen molar-refractivity contribution >= 4 is 38.7 Å². The zero-order chi connectivity index (χ0) is 19.7. The molecule has 9 heteroatoms. The molecule has 2 aromatic carbocycles. The Balaban J connectivity index is 2.23. The Morgan fingerprint density at radius 3 is 2.70 bits per heavy atom. The summed E-state index contributed by atoms with van der Waals surface area (Å²) in [6.07, 6.45) is 1.18. The molecule has 3 aromatic rings. The van der Waals surface area contributed by atoms with E-state index in [1.54, 1.807) is 18.2 Å². The van der Waals surface area contributed by atoms with E-state index in [2.05, 4.69) is 26.0 Å². The van der Waals surface area contributed by atoms with E-state index in [0.29, 0.717) is 16.7 Å². The van der Waals surface area contributed by atoms with Crippen molar-refractivity contribution in [3.05, 3.63) is 72.7 Å². The third kappa shape index (κ3) is 3.72. The van der Waals surface area contributed by atoms with E-state index in [4.69, 9.17) is 0 Å². The molecular weight excluding hydrogens is 416 g/mol. The number of halogens is 1. The van der Waals surface area contributed by atoms with Crippen molar-refractivity contribution in [1.82, 2.24) is 9.66 Å². The van der Waals surface area contributed by atoms with Crippen LogP contribution in [0.15, 0.2) is 50.8 Å². The molecule has 8 nitrogen and oxygen atoms in total. The van der Waals surface area contributed by atoms with E-state index in [0.717, 1.165) is 9.15 Å². The number of fused-ring (bicyclic) bond motifs is 1. The van der Waals surface area contributed by atoms with E-state index in [-0.39, 0.29) is 28.5 Å². The molecule has 0 bridgehead atoms. The number of phenolic OH excluding ortho intramolecular Hbond substituents is 1. The van der Waals surface area contributed by atoms with Gasteiger partial charge in [-0.3, -0.25) is 14.9 Å². The van der Waals surface area contributed by atoms with Crippen LogP contribution in [0.1, 0.15) is 31.2 Å². The lowest BCUT2D eigenvalue weighted by Crippen LogP contribution is -2.23. The van der Waals surface area contributed by atoms with Crippen LogP contribution in [0.2, 0.25) is 0 Å². The molecular formula is C18H15BrN4O4. The normalized spacial score (nSPS) is 11.6. The topological polar surface area (TPSA) is 111 Å². The van der Waals surface area contributed by atoms with Crippen LogP contribution in [0.3, 0.4) is 0 Å². The highest BCUT2D eigenvalue weighted by Crippen LogP contribution is 2.22. The van der Waals surface area contributed by atoms with Crippen molar-refractivity contribution in [3.8, 4) is 5.75 Å². The van der Waals surface area contributed by atoms with Gasteiger partial charge in [0.15, 0.2) is 0 Å². The highest BCUT2D eigenvalue weighted by Gasteiger charge is 2.16. The summed E-state index contributed by atoms with van der Waals surface area (Å²) in [4.78, 5) is 28.0. The zero-order valence-electron chi connectivity index (χ0n) is 14.5. The van der Waals surface area contributed by atoms with Gasteiger partial charge in [-0.05, 0) is 30.3 Å². The van der Waals surface area contributed by atoms with Gasteiger partial charge in [-0.2, -0.15) is 9.78 Å². The summed E-state index contributed by atoms with van der Waals surface area (Å²) < 4.78 is 1.86. The molecule has 0 aliphatic rings. The number of rotatable bonds is 4. The van der Waals surface area contributed by atoms with Gasteiger partial charge in [-0.1, -0.05) is 29.8 Å². The first-order valence-corrected chi connectivity index (χ1v) is 8.81. The van der Waals surface area contributed by atoms with Crippen molar-refractivity contribution in [3.63, 3.8) is 0 Å². The van der Waals surface area contributed by atoms with Crippen molar-refractivity contribution in [2.75, 3.05) is 0 Å². The van der Waals surface area contributed by atoms with Crippen LogP contribution in [-0.2, 0) is 0 Å². The summed E-state index contributed by atoms with van der Waals surface area (Å²) in [6.45, 7) is 3.74. The number of benzene rings is 2. The number of aromatic nitrogens is 2. The van der Waals surface area contributed by atoms with Crippen LogP contribution in [0.25, 0.3) is 10.9 Å². The van der Waals surface area contributed by atoms with Gasteiger partial charge in [0.05, 0.1) is 27.6 Å². The minimum absolute atomic E-state index is 0.0796. The summed E-state index contributed by atoms with van der Waals surface area (Å²) in [5, 5.41) is 25.3. The fourth-order valence-electron chi connectivity index (χ4n) is 2.58. The van der Waals surface area contributed by atoms with Gasteiger partial charge in [0.25, 0.3) is 11.2 Å². The number of hydrogen-bond donors (Lipinski definition) is 1. The van der Waals surface area contributed by atoms with Gasteiger partial charge in [-0.25, -0.2) is 4.98 Å². The molecule has 0 spiro atoms. The quantitative estimate of drug-likeness (QED) is 0.384. The fourth-order valence-corrected chi connectivity index (χ4v) is 2.94. The highest BCUT2D eigenvalue weighted by molar-refractivity contribution is 9.10. The summed E-state index contributed by atoms with van der Waals surface area (Å²) in [7, 11) is 0. The molecule has 0 saturated heterocycles. The molecule has 0 radical (unpaired) electrons. The van der Waals surface area contributed by atoms with Crippen molar-refractivity contribution in [2.45, 2.75) is 19.8 Å². The molecule has 3 rings (SSSR count). The van der Waals surface area contributed by atoms with Gasteiger partial charge in [-0.15, -0.1) is 0 Å². The van der Waals surface area contributed by atoms with Crippen LogP contribution in [0, 0.1) is 10.1 Å². The second kappa shape index (κ2) is 7.28. The van der Waals surface area contributed by atoms with Crippen LogP contribution in [0.4, 0.5) is 5.69 Å². The predicted octanol–water partition coefficient (Wildman–Crippen LogP) is 3.78. The number of nitro benzene ring substituents is 1. The number of hydrogen-bond acceptors (Lipinski definition) is 6. The molecule has 0 unspecified atom stereocenters. The van der Waals surface area contributed by atoms with Gasteiger partial charge in [0, 0.05) is 16.5 Å². The van der Waals surface area contributed by atoms with Crippen LogP contribution in [-0.4, -0.2) is 25.9 Å². The SMILES string of the molecule is CC(C)c1nc2ccc(Br)cc2c(=O)n1N=Cc1cc(O)ccc1[N+](=O)[O-]. The summed E-state index contributed by atoms with van der Waals surface area (Å²) in [6, 6.07) is 8.79. The zero-order valence-corrected chi connectivity index (χ0v) is 16.0. The second-order valence-electron chi connectivity index (χ2n) is 6.15. The van der Waals surface area contributed by atoms with Gasteiger partial charge in [0.1, 0.15) is 11.6 Å². The van der Waals surface area contributed by atoms with Crippen molar-refractivity contribution < 1.29 is 10.0 Å². The van der Waals surface area contributed by atoms with Crippen molar-refractivity contribution in [1.29, 1.82) is 0 Å². The van der Waals surface area contributed by atoms with E-state index in [1.807, 2.05) is 13.8 Å². The smallest absolute Gasteiger partial charge is 0.282 e. The number of aromatic hydroxyl groups is 1. The third-order valence-corrected chi connectivity index (χ3v) is 4.36. The second-order valence-corrected chi connectivity index (χ2v) is 7.06. The average molecular weight is 431 g/mol. The van der Waals surface area contributed by atoms with Gasteiger partial charge < -0.3 is 5.11 Å². The Hall–Kier alpha value is -3.07. The maximum atomic E-state index is 12.9. The predicted molar refractivity (Wildman–Crippen MR) is 106 cm³/mol. The Morgan fingerprint density at radius 2 is 2.04 bits per heavy atom. The van der Waals surface area contributed by atoms with Crippen LogP contribution >= 0.6 is 15.9 Å². The molecule has 1 heterocycles. The molecule has 0 fully saturated rings. The number of phenols is 1. The molecule has 0 saturated carbocycles. The first-order chi connectivity index (χ1) is 12.8. The summed E-state index contributed by atoms with van der Waals surface area (Å²) in [5.74, 6) is 0.176. The lowest BCUT2D eigenvalue weighted by molar-refractivity contribution is -0.385. The minimum atomic E-state index is -0.581. The molecule has 1 N–H and O–H groups in total. The molecule has 138 valence electrons. The standard InChI is InChI=1S/C18H15BrN4O4/c1-10(2)17-21-15-5-3-12(19)8-14(15)18(25)22(17)20-9-11-7-13(24)4-6-16(11)23(26)27/h3-10,24H,1-2H3. The molecule has 0 aliphatic heterocycles. The monoisotopic (exact) mass is 430 g/mol. The highest BCUT2D eigenvalue weighted by atomic mass is 79.9. The van der Waals surface area contributed by atoms with Crippen molar-refractivity contribution in [2.24, 2.45) is 5.10 Å². The largest absolute Gasteiger partial charge is 0.508 e. The Labute approximate surface area is 162 Å². The third-order valence-electron chi connectivity index (χ3n) is 3.87. The Kier molecular flexibility index (Phi) is 5.04. The van der Waals surface area contributed by atoms with Crippen LogP contribution in [0.5, 0.6) is 5.75 Å². The fraction of sp³-hybridized carbons (Fsp3) is 0.167. The lowest BCUT2D eigenvalue weighted by atomic mass is 10.2. The lowest BCUT2D eigenvalue weighted by Gasteiger charge is -2.11. The molecule has 0 amide bonds. The maximum Gasteiger partial charge on any atom is 0.282 e. The maximum absolute atomic E-state index is 12.9. The molecule has 0 atom stereocenters. The first kappa shape index (κ1) is 18.7. The van der Waals surface area contributed by atoms with E-state index in [1.165, 1.54) is 24.4 Å². The van der Waals surface area contributed by atoms with Gasteiger partial charge >= 0.3 is 0 Å². The number of nitrogens with zero attached hydrogens (tertiary/aromatic N) is 4. The molecule has 27 heavy (non-hydrogen) atoms. The first-order valence-electron chi connectivity index (χ1n) is 8.02. The average Bonchev–Trinajstić information content (AvgIpc) is 2.60. The summed E-state index contributed by atoms with van der Waals surface area (Å²) in [5.41, 5.74) is 0.00822. The summed E-state index contributed by atoms with van der Waals surface area (Å²) >= 11 is 3.33. The number of nitro groups is 1. The minimum Gasteiger partial charge on any atom is -0.508 e. The molecule has 0 aliphatic carbocycles. The van der Waals surface area contributed by atoms with E-state index >= 15 is 0 Å². The van der Waals surface area contributed by atoms with E-state index < -0.39 is 4.92 Å². The van der Waals surface area contributed by atoms with Gasteiger partial charge in [0.2, 0.25) is 0 Å². The Bertz CT molecular complexity index is 1140. The Morgan fingerprint density at radius 1 is 1.30 bits per heavy atom. The molecule has 1 aromatic heterocycles.